The Labute approximate surface area is 202 Å². The Hall–Kier alpha value is -3.68. The molecule has 3 aromatic rings. The lowest BCUT2D eigenvalue weighted by molar-refractivity contribution is -0.138. The van der Waals surface area contributed by atoms with Crippen molar-refractivity contribution in [2.24, 2.45) is 7.05 Å². The maximum absolute atomic E-state index is 15.2. The third-order valence-electron chi connectivity index (χ3n) is 6.08. The van der Waals surface area contributed by atoms with Crippen LogP contribution in [0.25, 0.3) is 11.2 Å². The number of aromatic amines is 1. The summed E-state index contributed by atoms with van der Waals surface area (Å²) in [4.78, 5) is 39.7. The molecular weight excluding hydrogens is 486 g/mol. The molecule has 10 nitrogen and oxygen atoms in total. The summed E-state index contributed by atoms with van der Waals surface area (Å²) in [6.45, 7) is 0.666. The molecular formula is C22H25F4N7O3. The van der Waals surface area contributed by atoms with Crippen molar-refractivity contribution in [3.63, 3.8) is 0 Å². The molecule has 194 valence electrons. The van der Waals surface area contributed by atoms with Crippen LogP contribution in [0.4, 0.5) is 33.9 Å². The minimum absolute atomic E-state index is 0.0663. The molecule has 4 rings (SSSR count). The van der Waals surface area contributed by atoms with Crippen molar-refractivity contribution in [2.45, 2.75) is 31.4 Å². The third-order valence-corrected chi connectivity index (χ3v) is 6.08. The molecule has 0 unspecified atom stereocenters. The zero-order chi connectivity index (χ0) is 26.2. The Morgan fingerprint density at radius 2 is 2.11 bits per heavy atom. The number of piperidine rings is 1. The highest BCUT2D eigenvalue weighted by atomic mass is 19.4. The van der Waals surface area contributed by atoms with E-state index in [2.05, 4.69) is 20.3 Å². The van der Waals surface area contributed by atoms with E-state index in [-0.39, 0.29) is 13.0 Å². The van der Waals surface area contributed by atoms with Gasteiger partial charge in [0.2, 0.25) is 0 Å². The number of alkyl halides is 4. The highest BCUT2D eigenvalue weighted by Crippen LogP contribution is 2.30. The summed E-state index contributed by atoms with van der Waals surface area (Å²) in [5, 5.41) is 2.19. The fraction of sp³-hybridized carbons (Fsp3) is 0.455. The number of aromatic nitrogens is 4. The van der Waals surface area contributed by atoms with Gasteiger partial charge < -0.3 is 29.4 Å². The first kappa shape index (κ1) is 25.4. The number of pyridine rings is 1. The van der Waals surface area contributed by atoms with Crippen molar-refractivity contribution >= 4 is 28.7 Å². The molecule has 14 heteroatoms. The molecule has 0 aliphatic carbocycles. The molecule has 2 amide bonds. The predicted octanol–water partition coefficient (Wildman–Crippen LogP) is 2.90. The fourth-order valence-electron chi connectivity index (χ4n) is 4.18. The maximum Gasteiger partial charge on any atom is 0.417 e. The molecule has 0 aromatic carbocycles. The number of ether oxygens (including phenoxy) is 1. The maximum atomic E-state index is 15.2. The number of nitrogens with one attached hydrogen (secondary N) is 2. The molecule has 0 radical (unpaired) electrons. The van der Waals surface area contributed by atoms with E-state index in [1.54, 1.807) is 18.1 Å². The fourth-order valence-corrected chi connectivity index (χ4v) is 4.18. The molecule has 0 saturated carbocycles. The SMILES string of the molecule is COCc1cc2nc(N3CC[C@H](N(C)C(=O)Nc4cc(C(F)(F)F)cn(C)c4=O)[C@H](F)C3)cnc2[nH]1. The van der Waals surface area contributed by atoms with Crippen LogP contribution in [0.3, 0.4) is 0 Å². The van der Waals surface area contributed by atoms with Crippen molar-refractivity contribution in [3.8, 4) is 0 Å². The number of hydrogen-bond donors (Lipinski definition) is 2. The minimum Gasteiger partial charge on any atom is -0.378 e. The monoisotopic (exact) mass is 511 g/mol. The largest absolute Gasteiger partial charge is 0.417 e. The number of urea groups is 1. The Kier molecular flexibility index (Phi) is 6.89. The first-order valence-electron chi connectivity index (χ1n) is 11.0. The third kappa shape index (κ3) is 5.12. The van der Waals surface area contributed by atoms with E-state index in [0.717, 1.165) is 22.2 Å². The van der Waals surface area contributed by atoms with Crippen molar-refractivity contribution in [1.29, 1.82) is 0 Å². The predicted molar refractivity (Wildman–Crippen MR) is 124 cm³/mol. The van der Waals surface area contributed by atoms with Gasteiger partial charge in [0.05, 0.1) is 31.0 Å². The second-order valence-electron chi connectivity index (χ2n) is 8.60. The average Bonchev–Trinajstić information content (AvgIpc) is 3.22. The topological polar surface area (TPSA) is 108 Å². The van der Waals surface area contributed by atoms with Gasteiger partial charge in [-0.3, -0.25) is 4.79 Å². The molecule has 1 aliphatic rings. The van der Waals surface area contributed by atoms with Gasteiger partial charge in [0.15, 0.2) is 5.65 Å². The molecule has 1 aliphatic heterocycles. The molecule has 3 aromatic heterocycles. The highest BCUT2D eigenvalue weighted by Gasteiger charge is 2.36. The number of methoxy groups -OCH3 is 1. The van der Waals surface area contributed by atoms with E-state index in [4.69, 9.17) is 4.74 Å². The van der Waals surface area contributed by atoms with E-state index in [1.807, 2.05) is 0 Å². The van der Waals surface area contributed by atoms with Gasteiger partial charge in [0, 0.05) is 39.6 Å². The second kappa shape index (κ2) is 9.76. The van der Waals surface area contributed by atoms with Crippen molar-refractivity contribution in [1.82, 2.24) is 24.4 Å². The van der Waals surface area contributed by atoms with Crippen LogP contribution in [0, 0.1) is 0 Å². The number of anilines is 2. The molecule has 0 bridgehead atoms. The summed E-state index contributed by atoms with van der Waals surface area (Å²) in [7, 11) is 4.06. The molecule has 1 saturated heterocycles. The number of carbonyl (C=O) groups is 1. The zero-order valence-corrected chi connectivity index (χ0v) is 19.8. The Bertz CT molecular complexity index is 1320. The number of fused-ring (bicyclic) bond motifs is 1. The number of hydrogen-bond acceptors (Lipinski definition) is 6. The number of carbonyl (C=O) groups excluding carboxylic acids is 1. The van der Waals surface area contributed by atoms with Gasteiger partial charge in [-0.15, -0.1) is 0 Å². The van der Waals surface area contributed by atoms with Gasteiger partial charge >= 0.3 is 12.2 Å². The number of nitrogens with zero attached hydrogens (tertiary/aromatic N) is 5. The lowest BCUT2D eigenvalue weighted by atomic mass is 10.0. The van der Waals surface area contributed by atoms with Crippen LogP contribution < -0.4 is 15.8 Å². The number of H-pyrrole nitrogens is 1. The Balaban J connectivity index is 1.44. The lowest BCUT2D eigenvalue weighted by Crippen LogP contribution is -2.54. The van der Waals surface area contributed by atoms with E-state index in [9.17, 15) is 22.8 Å². The normalized spacial score (nSPS) is 18.5. The van der Waals surface area contributed by atoms with Gasteiger partial charge in [-0.25, -0.2) is 19.2 Å². The number of halogens is 4. The van der Waals surface area contributed by atoms with Gasteiger partial charge in [0.1, 0.15) is 23.2 Å². The van der Waals surface area contributed by atoms with Crippen LogP contribution in [-0.4, -0.2) is 69.9 Å². The first-order valence-corrected chi connectivity index (χ1v) is 11.0. The van der Waals surface area contributed by atoms with Gasteiger partial charge in [0.25, 0.3) is 5.56 Å². The van der Waals surface area contributed by atoms with E-state index in [0.29, 0.717) is 42.4 Å². The Morgan fingerprint density at radius 1 is 1.36 bits per heavy atom. The zero-order valence-electron chi connectivity index (χ0n) is 19.8. The van der Waals surface area contributed by atoms with Crippen LogP contribution in [0.5, 0.6) is 0 Å². The quantitative estimate of drug-likeness (QED) is 0.510. The molecule has 2 N–H and O–H groups in total. The summed E-state index contributed by atoms with van der Waals surface area (Å²) >= 11 is 0. The van der Waals surface area contributed by atoms with Crippen LogP contribution >= 0.6 is 0 Å². The molecule has 1 fully saturated rings. The molecule has 36 heavy (non-hydrogen) atoms. The van der Waals surface area contributed by atoms with E-state index in [1.165, 1.54) is 13.2 Å². The van der Waals surface area contributed by atoms with Gasteiger partial charge in [-0.05, 0) is 18.6 Å². The van der Waals surface area contributed by atoms with Crippen LogP contribution in [0.1, 0.15) is 17.7 Å². The summed E-state index contributed by atoms with van der Waals surface area (Å²) < 4.78 is 60.3. The smallest absolute Gasteiger partial charge is 0.378 e. The van der Waals surface area contributed by atoms with Crippen molar-refractivity contribution < 1.29 is 27.1 Å². The van der Waals surface area contributed by atoms with Crippen molar-refractivity contribution in [2.75, 3.05) is 37.5 Å². The first-order chi connectivity index (χ1) is 17.0. The van der Waals surface area contributed by atoms with Crippen LogP contribution in [0.2, 0.25) is 0 Å². The highest BCUT2D eigenvalue weighted by molar-refractivity contribution is 5.89. The van der Waals surface area contributed by atoms with Gasteiger partial charge in [-0.1, -0.05) is 0 Å². The minimum atomic E-state index is -4.70. The number of amides is 2. The lowest BCUT2D eigenvalue weighted by Gasteiger charge is -2.39. The average molecular weight is 511 g/mol. The summed E-state index contributed by atoms with van der Waals surface area (Å²) in [5.41, 5.74) is -0.460. The van der Waals surface area contributed by atoms with E-state index >= 15 is 4.39 Å². The Morgan fingerprint density at radius 3 is 2.78 bits per heavy atom. The van der Waals surface area contributed by atoms with Crippen LogP contribution in [-0.2, 0) is 24.6 Å². The molecule has 0 spiro atoms. The van der Waals surface area contributed by atoms with Gasteiger partial charge in [-0.2, -0.15) is 13.2 Å². The van der Waals surface area contributed by atoms with Crippen molar-refractivity contribution in [3.05, 3.63) is 46.1 Å². The summed E-state index contributed by atoms with van der Waals surface area (Å²) in [6, 6.07) is 0.628. The molecule has 2 atom stereocenters. The summed E-state index contributed by atoms with van der Waals surface area (Å²) in [6.07, 6.45) is -3.78. The van der Waals surface area contributed by atoms with E-state index < -0.39 is 41.2 Å². The molecule has 4 heterocycles. The second-order valence-corrected chi connectivity index (χ2v) is 8.60. The summed E-state index contributed by atoms with van der Waals surface area (Å²) in [5.74, 6) is 0.478. The standard InChI is InChI=1S/C22H25F4N7O3/c1-31-9-12(22(24,25)26)6-16(20(31)34)30-21(35)32(2)17-4-5-33(10-14(17)23)18-8-27-19-15(29-18)7-13(28-19)11-36-3/h6-9,14,17H,4-5,10-11H2,1-3H3,(H,27,28)(H,30,35)/t14-,17+/m1/s1. The number of rotatable bonds is 5. The number of aryl methyl sites for hydroxylation is 1. The van der Waals surface area contributed by atoms with Crippen LogP contribution in [0.15, 0.2) is 29.3 Å².